The van der Waals surface area contributed by atoms with Crippen molar-refractivity contribution >= 4 is 22.6 Å². The quantitative estimate of drug-likeness (QED) is 0.408. The Kier molecular flexibility index (Phi) is 4.81. The fraction of sp³-hybridized carbons (Fsp3) is 0.125. The normalized spacial score (nSPS) is 10.6. The molecule has 1 aromatic heterocycles. The number of imidazole rings is 1. The highest BCUT2D eigenvalue weighted by molar-refractivity contribution is 6.32. The largest absolute Gasteiger partial charge is 0.426 e. The van der Waals surface area contributed by atoms with Crippen molar-refractivity contribution in [3.8, 4) is 23.6 Å². The molecule has 4 rings (SSSR count). The molecule has 0 fully saturated rings. The summed E-state index contributed by atoms with van der Waals surface area (Å²) in [5.74, 6) is 7.10. The van der Waals surface area contributed by atoms with Gasteiger partial charge in [-0.1, -0.05) is 47.7 Å². The molecule has 0 unspecified atom stereocenters. The van der Waals surface area contributed by atoms with Crippen LogP contribution in [0.2, 0.25) is 5.02 Å². The first-order chi connectivity index (χ1) is 13.5. The Bertz CT molecular complexity index is 1240. The average molecular weight is 387 g/mol. The number of nitrogens with one attached hydrogen (secondary N) is 1. The fourth-order valence-corrected chi connectivity index (χ4v) is 3.09. The molecule has 0 radical (unpaired) electrons. The molecule has 0 aliphatic heterocycles. The second kappa shape index (κ2) is 7.42. The van der Waals surface area contributed by atoms with Gasteiger partial charge >= 0.3 is 0 Å². The van der Waals surface area contributed by atoms with Crippen molar-refractivity contribution in [3.63, 3.8) is 0 Å². The molecule has 0 saturated heterocycles. The lowest BCUT2D eigenvalue weighted by Crippen LogP contribution is -1.88. The number of benzene rings is 3. The molecular formula is C24H19ClN2O. The molecule has 28 heavy (non-hydrogen) atoms. The zero-order chi connectivity index (χ0) is 19.7. The van der Waals surface area contributed by atoms with Crippen LogP contribution in [0.15, 0.2) is 54.6 Å². The standard InChI is InChI=1S/C24H19ClN2O/c1-15-8-11-20(12-17(15)3)28-24-26-22-13-19(21(25)14-23(22)27-24)10-9-18-7-5-4-6-16(18)2/h4-8,11-14H,1-3H3,(H,26,27). The van der Waals surface area contributed by atoms with Crippen LogP contribution >= 0.6 is 11.6 Å². The third kappa shape index (κ3) is 3.74. The van der Waals surface area contributed by atoms with Gasteiger partial charge in [0.05, 0.1) is 16.1 Å². The van der Waals surface area contributed by atoms with E-state index >= 15 is 0 Å². The second-order valence-corrected chi connectivity index (χ2v) is 7.21. The number of ether oxygens (including phenoxy) is 1. The van der Waals surface area contributed by atoms with Crippen LogP contribution in [0.1, 0.15) is 27.8 Å². The highest BCUT2D eigenvalue weighted by atomic mass is 35.5. The number of nitrogens with zero attached hydrogens (tertiary/aromatic N) is 1. The fourth-order valence-electron chi connectivity index (χ4n) is 2.89. The van der Waals surface area contributed by atoms with E-state index in [0.29, 0.717) is 11.0 Å². The van der Waals surface area contributed by atoms with Gasteiger partial charge in [-0.2, -0.15) is 4.98 Å². The van der Waals surface area contributed by atoms with E-state index in [2.05, 4.69) is 35.7 Å². The minimum absolute atomic E-state index is 0.429. The van der Waals surface area contributed by atoms with Gasteiger partial charge in [0.1, 0.15) is 5.75 Å². The van der Waals surface area contributed by atoms with Crippen molar-refractivity contribution in [1.29, 1.82) is 0 Å². The molecule has 138 valence electrons. The number of fused-ring (bicyclic) bond motifs is 1. The zero-order valence-corrected chi connectivity index (χ0v) is 16.7. The van der Waals surface area contributed by atoms with E-state index in [4.69, 9.17) is 16.3 Å². The van der Waals surface area contributed by atoms with E-state index in [1.165, 1.54) is 11.1 Å². The van der Waals surface area contributed by atoms with E-state index in [9.17, 15) is 0 Å². The van der Waals surface area contributed by atoms with Crippen molar-refractivity contribution in [2.75, 3.05) is 0 Å². The Morgan fingerprint density at radius 2 is 1.64 bits per heavy atom. The number of aromatic amines is 1. The summed E-state index contributed by atoms with van der Waals surface area (Å²) in [6.07, 6.45) is 0. The summed E-state index contributed by atoms with van der Waals surface area (Å²) in [7, 11) is 0. The molecule has 0 aliphatic rings. The number of H-pyrrole nitrogens is 1. The van der Waals surface area contributed by atoms with Gasteiger partial charge in [-0.3, -0.25) is 0 Å². The first kappa shape index (κ1) is 18.2. The van der Waals surface area contributed by atoms with Crippen molar-refractivity contribution < 1.29 is 4.74 Å². The number of hydrogen-bond donors (Lipinski definition) is 1. The van der Waals surface area contributed by atoms with Gasteiger partial charge < -0.3 is 9.72 Å². The molecule has 0 atom stereocenters. The molecule has 4 aromatic rings. The first-order valence-corrected chi connectivity index (χ1v) is 9.39. The lowest BCUT2D eigenvalue weighted by Gasteiger charge is -2.04. The molecular weight excluding hydrogens is 368 g/mol. The van der Waals surface area contributed by atoms with E-state index in [-0.39, 0.29) is 0 Å². The summed E-state index contributed by atoms with van der Waals surface area (Å²) in [5.41, 5.74) is 6.84. The van der Waals surface area contributed by atoms with Crippen molar-refractivity contribution in [1.82, 2.24) is 9.97 Å². The first-order valence-electron chi connectivity index (χ1n) is 9.01. The summed E-state index contributed by atoms with van der Waals surface area (Å²) in [5, 5.41) is 0.567. The van der Waals surface area contributed by atoms with Gasteiger partial charge in [0, 0.05) is 11.1 Å². The van der Waals surface area contributed by atoms with Crippen LogP contribution in [0.25, 0.3) is 11.0 Å². The average Bonchev–Trinajstić information content (AvgIpc) is 3.05. The van der Waals surface area contributed by atoms with Gasteiger partial charge in [0.2, 0.25) is 0 Å². The molecule has 1 heterocycles. The number of rotatable bonds is 2. The summed E-state index contributed by atoms with van der Waals surface area (Å²) < 4.78 is 5.88. The van der Waals surface area contributed by atoms with Gasteiger partial charge in [-0.15, -0.1) is 0 Å². The Labute approximate surface area is 169 Å². The molecule has 0 bridgehead atoms. The predicted molar refractivity (Wildman–Crippen MR) is 114 cm³/mol. The van der Waals surface area contributed by atoms with Crippen molar-refractivity contribution in [3.05, 3.63) is 87.4 Å². The van der Waals surface area contributed by atoms with E-state index in [1.807, 2.05) is 61.5 Å². The number of halogens is 1. The summed E-state index contributed by atoms with van der Waals surface area (Å²) in [6, 6.07) is 18.1. The molecule has 0 saturated carbocycles. The number of aryl methyl sites for hydroxylation is 3. The predicted octanol–water partition coefficient (Wildman–Crippen LogP) is 6.33. The lowest BCUT2D eigenvalue weighted by atomic mass is 10.1. The van der Waals surface area contributed by atoms with Crippen LogP contribution in [0.4, 0.5) is 0 Å². The third-order valence-corrected chi connectivity index (χ3v) is 5.03. The van der Waals surface area contributed by atoms with Crippen LogP contribution in [0.5, 0.6) is 11.8 Å². The van der Waals surface area contributed by atoms with Crippen LogP contribution in [0, 0.1) is 32.6 Å². The van der Waals surface area contributed by atoms with Gasteiger partial charge in [-0.05, 0) is 67.8 Å². The monoisotopic (exact) mass is 386 g/mol. The maximum atomic E-state index is 6.42. The van der Waals surface area contributed by atoms with Crippen LogP contribution in [-0.2, 0) is 0 Å². The van der Waals surface area contributed by atoms with Crippen molar-refractivity contribution in [2.45, 2.75) is 20.8 Å². The molecule has 0 aliphatic carbocycles. The maximum absolute atomic E-state index is 6.42. The summed E-state index contributed by atoms with van der Waals surface area (Å²) in [4.78, 5) is 7.68. The van der Waals surface area contributed by atoms with Gasteiger partial charge in [-0.25, -0.2) is 0 Å². The molecule has 1 N–H and O–H groups in total. The Morgan fingerprint density at radius 1 is 0.857 bits per heavy atom. The highest BCUT2D eigenvalue weighted by Gasteiger charge is 2.09. The molecule has 3 nitrogen and oxygen atoms in total. The minimum atomic E-state index is 0.429. The molecule has 0 amide bonds. The SMILES string of the molecule is Cc1ccc(Oc2nc3cc(Cl)c(C#Cc4ccccc4C)cc3[nH]2)cc1C. The van der Waals surface area contributed by atoms with Crippen LogP contribution < -0.4 is 4.74 Å². The van der Waals surface area contributed by atoms with Gasteiger partial charge in [0.15, 0.2) is 0 Å². The summed E-state index contributed by atoms with van der Waals surface area (Å²) in [6.45, 7) is 6.17. The van der Waals surface area contributed by atoms with Crippen LogP contribution in [0.3, 0.4) is 0 Å². The molecule has 4 heteroatoms. The van der Waals surface area contributed by atoms with E-state index in [0.717, 1.165) is 33.5 Å². The topological polar surface area (TPSA) is 37.9 Å². The summed E-state index contributed by atoms with van der Waals surface area (Å²) >= 11 is 6.42. The highest BCUT2D eigenvalue weighted by Crippen LogP contribution is 2.27. The van der Waals surface area contributed by atoms with Crippen molar-refractivity contribution in [2.24, 2.45) is 0 Å². The third-order valence-electron chi connectivity index (χ3n) is 4.72. The smallest absolute Gasteiger partial charge is 0.300 e. The zero-order valence-electron chi connectivity index (χ0n) is 15.9. The number of aromatic nitrogens is 2. The second-order valence-electron chi connectivity index (χ2n) is 6.80. The van der Waals surface area contributed by atoms with E-state index < -0.39 is 0 Å². The lowest BCUT2D eigenvalue weighted by molar-refractivity contribution is 0.449. The maximum Gasteiger partial charge on any atom is 0.300 e. The Balaban J connectivity index is 1.66. The van der Waals surface area contributed by atoms with E-state index in [1.54, 1.807) is 0 Å². The number of hydrogen-bond acceptors (Lipinski definition) is 2. The molecule has 3 aromatic carbocycles. The molecule has 0 spiro atoms. The Morgan fingerprint density at radius 3 is 2.43 bits per heavy atom. The van der Waals surface area contributed by atoms with Crippen LogP contribution in [-0.4, -0.2) is 9.97 Å². The Hall–Kier alpha value is -3.22. The van der Waals surface area contributed by atoms with Gasteiger partial charge in [0.25, 0.3) is 6.01 Å². The minimum Gasteiger partial charge on any atom is -0.426 e.